The fraction of sp³-hybridized carbons (Fsp3) is 0.900. The minimum absolute atomic E-state index is 0.235. The van der Waals surface area contributed by atoms with Gasteiger partial charge in [0.1, 0.15) is 0 Å². The van der Waals surface area contributed by atoms with Gasteiger partial charge in [0.25, 0.3) is 0 Å². The van der Waals surface area contributed by atoms with Gasteiger partial charge in [-0.25, -0.2) is 4.79 Å². The molecule has 0 bridgehead atoms. The van der Waals surface area contributed by atoms with Gasteiger partial charge in [-0.3, -0.25) is 0 Å². The van der Waals surface area contributed by atoms with Crippen molar-refractivity contribution in [1.82, 2.24) is 5.32 Å². The van der Waals surface area contributed by atoms with Gasteiger partial charge in [-0.05, 0) is 19.3 Å². The molecule has 1 unspecified atom stereocenters. The normalized spacial score (nSPS) is 14.2. The van der Waals surface area contributed by atoms with E-state index in [4.69, 9.17) is 14.9 Å². The van der Waals surface area contributed by atoms with Crippen LogP contribution in [0, 0.1) is 5.41 Å². The molecule has 0 aliphatic heterocycles. The number of aliphatic hydroxyl groups is 2. The molecule has 3 N–H and O–H groups in total. The number of hydrogen-bond acceptors (Lipinski definition) is 4. The van der Waals surface area contributed by atoms with E-state index in [-0.39, 0.29) is 6.10 Å². The molecule has 1 atom stereocenters. The first-order valence-corrected chi connectivity index (χ1v) is 4.98. The number of carbonyl (C=O) groups is 1. The molecule has 0 aromatic carbocycles. The van der Waals surface area contributed by atoms with Gasteiger partial charge in [-0.2, -0.15) is 0 Å². The van der Waals surface area contributed by atoms with Crippen LogP contribution in [0.25, 0.3) is 0 Å². The summed E-state index contributed by atoms with van der Waals surface area (Å²) in [5.41, 5.74) is -0.454. The van der Waals surface area contributed by atoms with Crippen molar-refractivity contribution in [3.63, 3.8) is 0 Å². The maximum atomic E-state index is 11.3. The predicted octanol–water partition coefficient (Wildman–Crippen LogP) is 0.846. The number of ether oxygens (including phenoxy) is 1. The van der Waals surface area contributed by atoms with Crippen LogP contribution in [0.2, 0.25) is 0 Å². The van der Waals surface area contributed by atoms with Gasteiger partial charge < -0.3 is 20.3 Å². The van der Waals surface area contributed by atoms with Crippen molar-refractivity contribution in [2.75, 3.05) is 0 Å². The first kappa shape index (κ1) is 14.2. The molecule has 0 fully saturated rings. The number of carbonyl (C=O) groups excluding carboxylic acids is 1. The Labute approximate surface area is 90.4 Å². The average Bonchev–Trinajstić information content (AvgIpc) is 1.95. The smallest absolute Gasteiger partial charge is 0.407 e. The van der Waals surface area contributed by atoms with Crippen LogP contribution in [0.3, 0.4) is 0 Å². The molecule has 0 saturated heterocycles. The summed E-state index contributed by atoms with van der Waals surface area (Å²) in [6.45, 7) is 8.84. The van der Waals surface area contributed by atoms with Crippen molar-refractivity contribution >= 4 is 6.09 Å². The van der Waals surface area contributed by atoms with Crippen molar-refractivity contribution in [3.8, 4) is 0 Å². The van der Waals surface area contributed by atoms with Gasteiger partial charge in [-0.15, -0.1) is 0 Å². The van der Waals surface area contributed by atoms with Crippen molar-refractivity contribution < 1.29 is 19.7 Å². The number of nitrogens with one attached hydrogen (secondary N) is 1. The van der Waals surface area contributed by atoms with Crippen LogP contribution in [-0.4, -0.2) is 34.7 Å². The van der Waals surface area contributed by atoms with Gasteiger partial charge in [0.05, 0.1) is 12.1 Å². The van der Waals surface area contributed by atoms with Crippen LogP contribution < -0.4 is 5.32 Å². The van der Waals surface area contributed by atoms with Crippen LogP contribution in [0.15, 0.2) is 0 Å². The Balaban J connectivity index is 4.37. The van der Waals surface area contributed by atoms with E-state index in [9.17, 15) is 4.79 Å². The van der Waals surface area contributed by atoms with E-state index < -0.39 is 23.8 Å². The number of alkyl carbamates (subject to hydrolysis) is 1. The highest BCUT2D eigenvalue weighted by atomic mass is 16.6. The van der Waals surface area contributed by atoms with E-state index in [1.165, 1.54) is 0 Å². The van der Waals surface area contributed by atoms with E-state index in [1.807, 2.05) is 0 Å². The largest absolute Gasteiger partial charge is 0.447 e. The fourth-order valence-corrected chi connectivity index (χ4v) is 1.11. The Morgan fingerprint density at radius 1 is 1.27 bits per heavy atom. The summed E-state index contributed by atoms with van der Waals surface area (Å²) in [6.07, 6.45) is -2.48. The molecule has 0 aliphatic rings. The monoisotopic (exact) mass is 219 g/mol. The molecule has 0 radical (unpaired) electrons. The summed E-state index contributed by atoms with van der Waals surface area (Å²) in [5.74, 6) is 0. The molecule has 0 heterocycles. The lowest BCUT2D eigenvalue weighted by Gasteiger charge is -2.32. The summed E-state index contributed by atoms with van der Waals surface area (Å²) in [5, 5.41) is 20.7. The Morgan fingerprint density at radius 2 is 1.73 bits per heavy atom. The first-order valence-electron chi connectivity index (χ1n) is 4.98. The van der Waals surface area contributed by atoms with E-state index in [0.29, 0.717) is 0 Å². The van der Waals surface area contributed by atoms with E-state index in [2.05, 4.69) is 5.32 Å². The molecule has 1 amide bonds. The van der Waals surface area contributed by atoms with Crippen LogP contribution in [-0.2, 0) is 4.74 Å². The third-order valence-corrected chi connectivity index (χ3v) is 1.85. The average molecular weight is 219 g/mol. The molecular formula is C10H21NO4. The molecular weight excluding hydrogens is 198 g/mol. The van der Waals surface area contributed by atoms with Gasteiger partial charge in [0.15, 0.2) is 6.29 Å². The molecule has 5 nitrogen and oxygen atoms in total. The summed E-state index contributed by atoms with van der Waals surface area (Å²) in [7, 11) is 0. The number of aliphatic hydroxyl groups excluding tert-OH is 1. The van der Waals surface area contributed by atoms with Gasteiger partial charge >= 0.3 is 6.09 Å². The second-order valence-corrected chi connectivity index (χ2v) is 4.86. The molecule has 0 rings (SSSR count). The minimum Gasteiger partial charge on any atom is -0.447 e. The first-order chi connectivity index (χ1) is 6.64. The summed E-state index contributed by atoms with van der Waals surface area (Å²) in [4.78, 5) is 11.3. The highest BCUT2D eigenvalue weighted by molar-refractivity contribution is 5.67. The summed E-state index contributed by atoms with van der Waals surface area (Å²) < 4.78 is 4.85. The van der Waals surface area contributed by atoms with Crippen molar-refractivity contribution in [2.45, 2.75) is 53.1 Å². The molecule has 0 aliphatic carbocycles. The predicted molar refractivity (Wildman–Crippen MR) is 56.2 cm³/mol. The van der Waals surface area contributed by atoms with Gasteiger partial charge in [0.2, 0.25) is 0 Å². The number of hydrogen-bond donors (Lipinski definition) is 3. The van der Waals surface area contributed by atoms with Crippen LogP contribution >= 0.6 is 0 Å². The quantitative estimate of drug-likeness (QED) is 0.615. The van der Waals surface area contributed by atoms with Crippen molar-refractivity contribution in [2.24, 2.45) is 5.41 Å². The van der Waals surface area contributed by atoms with Crippen molar-refractivity contribution in [1.29, 1.82) is 0 Å². The molecule has 0 spiro atoms. The Bertz CT molecular complexity index is 208. The number of amides is 1. The maximum Gasteiger partial charge on any atom is 0.407 e. The number of rotatable bonds is 3. The van der Waals surface area contributed by atoms with E-state index >= 15 is 0 Å². The third kappa shape index (κ3) is 5.59. The second-order valence-electron chi connectivity index (χ2n) is 4.86. The fourth-order valence-electron chi connectivity index (χ4n) is 1.11. The summed E-state index contributed by atoms with van der Waals surface area (Å²) >= 11 is 0. The highest BCUT2D eigenvalue weighted by Gasteiger charge is 2.32. The van der Waals surface area contributed by atoms with Crippen LogP contribution in [0.4, 0.5) is 4.79 Å². The van der Waals surface area contributed by atoms with Gasteiger partial charge in [-0.1, -0.05) is 20.8 Å². The third-order valence-electron chi connectivity index (χ3n) is 1.85. The highest BCUT2D eigenvalue weighted by Crippen LogP contribution is 2.21. The van der Waals surface area contributed by atoms with E-state index in [0.717, 1.165) is 0 Å². The lowest BCUT2D eigenvalue weighted by Crippen LogP contribution is -2.51. The van der Waals surface area contributed by atoms with Crippen LogP contribution in [0.5, 0.6) is 0 Å². The summed E-state index contributed by atoms with van der Waals surface area (Å²) in [6, 6.07) is -0.760. The zero-order valence-electron chi connectivity index (χ0n) is 9.94. The van der Waals surface area contributed by atoms with Gasteiger partial charge in [0, 0.05) is 0 Å². The molecule has 0 aromatic heterocycles. The Morgan fingerprint density at radius 3 is 2.00 bits per heavy atom. The maximum absolute atomic E-state index is 11.3. The second kappa shape index (κ2) is 5.32. The SMILES string of the molecule is CC(C)OC(=O)NC(C(O)O)C(C)(C)C. The lowest BCUT2D eigenvalue weighted by molar-refractivity contribution is -0.0912. The topological polar surface area (TPSA) is 78.8 Å². The van der Waals surface area contributed by atoms with E-state index in [1.54, 1.807) is 34.6 Å². The Hall–Kier alpha value is -0.810. The zero-order chi connectivity index (χ0) is 12.2. The molecule has 90 valence electrons. The standard InChI is InChI=1S/C10H21NO4/c1-6(2)15-9(14)11-7(8(12)13)10(3,4)5/h6-8,12-13H,1-5H3,(H,11,14). The lowest BCUT2D eigenvalue weighted by atomic mass is 9.86. The molecule has 0 aromatic rings. The van der Waals surface area contributed by atoms with Crippen LogP contribution in [0.1, 0.15) is 34.6 Å². The molecule has 5 heteroatoms. The van der Waals surface area contributed by atoms with Crippen molar-refractivity contribution in [3.05, 3.63) is 0 Å². The molecule has 0 saturated carbocycles. The molecule has 15 heavy (non-hydrogen) atoms. The zero-order valence-corrected chi connectivity index (χ0v) is 9.94. The minimum atomic E-state index is -1.61. The Kier molecular flexibility index (Phi) is 5.03.